The molecule has 0 aromatic heterocycles. The molecule has 1 aromatic carbocycles. The Balaban J connectivity index is 1.88. The predicted octanol–water partition coefficient (Wildman–Crippen LogP) is 2.81. The van der Waals surface area contributed by atoms with Crippen LogP contribution in [0.4, 0.5) is 4.39 Å². The zero-order chi connectivity index (χ0) is 13.0. The van der Waals surface area contributed by atoms with Crippen molar-refractivity contribution < 1.29 is 4.39 Å². The second-order valence-corrected chi connectivity index (χ2v) is 5.86. The summed E-state index contributed by atoms with van der Waals surface area (Å²) in [5.74, 6) is -0.100. The first-order chi connectivity index (χ1) is 8.66. The lowest BCUT2D eigenvalue weighted by molar-refractivity contribution is 0.200. The molecular formula is C14H20BrFN2. The Labute approximate surface area is 117 Å². The van der Waals surface area contributed by atoms with Gasteiger partial charge in [0.2, 0.25) is 0 Å². The molecule has 0 spiro atoms. The van der Waals surface area contributed by atoms with Gasteiger partial charge in [0.1, 0.15) is 5.82 Å². The molecule has 0 saturated carbocycles. The van der Waals surface area contributed by atoms with Crippen molar-refractivity contribution in [1.82, 2.24) is 10.2 Å². The van der Waals surface area contributed by atoms with Crippen LogP contribution in [0.2, 0.25) is 0 Å². The van der Waals surface area contributed by atoms with Gasteiger partial charge in [-0.3, -0.25) is 0 Å². The van der Waals surface area contributed by atoms with Crippen LogP contribution in [0.25, 0.3) is 0 Å². The monoisotopic (exact) mass is 314 g/mol. The average Bonchev–Trinajstić information content (AvgIpc) is 2.40. The van der Waals surface area contributed by atoms with Crippen LogP contribution < -0.4 is 5.32 Å². The van der Waals surface area contributed by atoms with E-state index in [1.807, 2.05) is 6.07 Å². The maximum absolute atomic E-state index is 13.6. The standard InChI is InChI=1S/C14H20BrFN2/c1-18(13-4-7-17-8-5-13)9-6-11-10-12(15)2-3-14(11)16/h2-3,10,13,17H,4-9H2,1H3. The Morgan fingerprint density at radius 1 is 1.39 bits per heavy atom. The number of nitrogens with one attached hydrogen (secondary N) is 1. The van der Waals surface area contributed by atoms with Crippen molar-refractivity contribution >= 4 is 15.9 Å². The van der Waals surface area contributed by atoms with Crippen LogP contribution in [0.15, 0.2) is 22.7 Å². The molecule has 0 bridgehead atoms. The summed E-state index contributed by atoms with van der Waals surface area (Å²) in [4.78, 5) is 2.36. The highest BCUT2D eigenvalue weighted by Crippen LogP contribution is 2.17. The zero-order valence-electron chi connectivity index (χ0n) is 10.8. The second-order valence-electron chi connectivity index (χ2n) is 4.95. The highest BCUT2D eigenvalue weighted by molar-refractivity contribution is 9.10. The molecule has 2 nitrogen and oxygen atoms in total. The molecule has 4 heteroatoms. The summed E-state index contributed by atoms with van der Waals surface area (Å²) in [6, 6.07) is 5.80. The molecule has 0 amide bonds. The average molecular weight is 315 g/mol. The van der Waals surface area contributed by atoms with Gasteiger partial charge in [0, 0.05) is 17.1 Å². The molecule has 1 heterocycles. The summed E-state index contributed by atoms with van der Waals surface area (Å²) in [6.45, 7) is 3.11. The number of nitrogens with zero attached hydrogens (tertiary/aromatic N) is 1. The second kappa shape index (κ2) is 6.64. The van der Waals surface area contributed by atoms with E-state index in [9.17, 15) is 4.39 Å². The number of hydrogen-bond donors (Lipinski definition) is 1. The van der Waals surface area contributed by atoms with Crippen LogP contribution in [0, 0.1) is 5.82 Å². The van der Waals surface area contributed by atoms with Crippen molar-refractivity contribution in [3.05, 3.63) is 34.1 Å². The van der Waals surface area contributed by atoms with Gasteiger partial charge in [-0.2, -0.15) is 0 Å². The molecule has 1 saturated heterocycles. The third-order valence-corrected chi connectivity index (χ3v) is 4.17. The summed E-state index contributed by atoms with van der Waals surface area (Å²) in [7, 11) is 2.14. The van der Waals surface area contributed by atoms with Gasteiger partial charge in [-0.1, -0.05) is 15.9 Å². The lowest BCUT2D eigenvalue weighted by Crippen LogP contribution is -2.41. The number of halogens is 2. The van der Waals surface area contributed by atoms with E-state index in [0.717, 1.165) is 36.1 Å². The molecule has 1 fully saturated rings. The lowest BCUT2D eigenvalue weighted by Gasteiger charge is -2.31. The smallest absolute Gasteiger partial charge is 0.126 e. The van der Waals surface area contributed by atoms with Crippen molar-refractivity contribution in [2.45, 2.75) is 25.3 Å². The van der Waals surface area contributed by atoms with E-state index in [0.29, 0.717) is 6.04 Å². The van der Waals surface area contributed by atoms with Crippen LogP contribution in [-0.2, 0) is 6.42 Å². The first-order valence-corrected chi connectivity index (χ1v) is 7.31. The Kier molecular flexibility index (Phi) is 5.15. The summed E-state index contributed by atoms with van der Waals surface area (Å²) in [5, 5.41) is 3.37. The highest BCUT2D eigenvalue weighted by atomic mass is 79.9. The SMILES string of the molecule is CN(CCc1cc(Br)ccc1F)C1CCNCC1. The van der Waals surface area contributed by atoms with Gasteiger partial charge in [0.05, 0.1) is 0 Å². The van der Waals surface area contributed by atoms with Crippen molar-refractivity contribution in [2.75, 3.05) is 26.7 Å². The number of likely N-dealkylation sites (N-methyl/N-ethyl adjacent to an activating group) is 1. The predicted molar refractivity (Wildman–Crippen MR) is 76.3 cm³/mol. The molecule has 1 N–H and O–H groups in total. The Bertz CT molecular complexity index is 391. The molecule has 0 radical (unpaired) electrons. The van der Waals surface area contributed by atoms with Crippen molar-refractivity contribution in [2.24, 2.45) is 0 Å². The van der Waals surface area contributed by atoms with E-state index < -0.39 is 0 Å². The van der Waals surface area contributed by atoms with Crippen molar-refractivity contribution in [1.29, 1.82) is 0 Å². The van der Waals surface area contributed by atoms with E-state index >= 15 is 0 Å². The van der Waals surface area contributed by atoms with Gasteiger partial charge >= 0.3 is 0 Å². The largest absolute Gasteiger partial charge is 0.317 e. The molecule has 18 heavy (non-hydrogen) atoms. The fourth-order valence-electron chi connectivity index (χ4n) is 2.46. The minimum Gasteiger partial charge on any atom is -0.317 e. The molecule has 1 aromatic rings. The van der Waals surface area contributed by atoms with E-state index in [1.54, 1.807) is 6.07 Å². The van der Waals surface area contributed by atoms with Crippen LogP contribution in [-0.4, -0.2) is 37.6 Å². The van der Waals surface area contributed by atoms with Gasteiger partial charge < -0.3 is 10.2 Å². The summed E-state index contributed by atoms with van der Waals surface area (Å²) < 4.78 is 14.6. The normalized spacial score (nSPS) is 17.3. The molecule has 1 aliphatic rings. The Morgan fingerprint density at radius 2 is 2.11 bits per heavy atom. The maximum Gasteiger partial charge on any atom is 0.126 e. The molecule has 1 aliphatic heterocycles. The lowest BCUT2D eigenvalue weighted by atomic mass is 10.0. The number of rotatable bonds is 4. The van der Waals surface area contributed by atoms with E-state index in [4.69, 9.17) is 0 Å². The molecule has 2 rings (SSSR count). The minimum absolute atomic E-state index is 0.100. The van der Waals surface area contributed by atoms with Crippen LogP contribution in [0.5, 0.6) is 0 Å². The number of benzene rings is 1. The third-order valence-electron chi connectivity index (χ3n) is 3.67. The van der Waals surface area contributed by atoms with Gasteiger partial charge in [-0.15, -0.1) is 0 Å². The number of hydrogen-bond acceptors (Lipinski definition) is 2. The van der Waals surface area contributed by atoms with E-state index in [-0.39, 0.29) is 5.82 Å². The fourth-order valence-corrected chi connectivity index (χ4v) is 2.87. The maximum atomic E-state index is 13.6. The summed E-state index contributed by atoms with van der Waals surface area (Å²) >= 11 is 3.39. The molecular weight excluding hydrogens is 295 g/mol. The topological polar surface area (TPSA) is 15.3 Å². The third kappa shape index (κ3) is 3.77. The highest BCUT2D eigenvalue weighted by Gasteiger charge is 2.17. The van der Waals surface area contributed by atoms with Crippen molar-refractivity contribution in [3.8, 4) is 0 Å². The quantitative estimate of drug-likeness (QED) is 0.919. The first-order valence-electron chi connectivity index (χ1n) is 6.51. The first kappa shape index (κ1) is 14.0. The van der Waals surface area contributed by atoms with Crippen LogP contribution in [0.3, 0.4) is 0 Å². The molecule has 0 aliphatic carbocycles. The zero-order valence-corrected chi connectivity index (χ0v) is 12.3. The van der Waals surface area contributed by atoms with Crippen LogP contribution >= 0.6 is 15.9 Å². The van der Waals surface area contributed by atoms with E-state index in [1.165, 1.54) is 18.9 Å². The van der Waals surface area contributed by atoms with Gasteiger partial charge in [-0.25, -0.2) is 4.39 Å². The molecule has 100 valence electrons. The minimum atomic E-state index is -0.100. The fraction of sp³-hybridized carbons (Fsp3) is 0.571. The summed E-state index contributed by atoms with van der Waals surface area (Å²) in [6.07, 6.45) is 3.15. The molecule has 0 unspecified atom stereocenters. The number of piperidine rings is 1. The van der Waals surface area contributed by atoms with E-state index in [2.05, 4.69) is 33.2 Å². The van der Waals surface area contributed by atoms with Crippen LogP contribution in [0.1, 0.15) is 18.4 Å². The molecule has 0 atom stereocenters. The van der Waals surface area contributed by atoms with Gasteiger partial charge in [-0.05, 0) is 63.2 Å². The van der Waals surface area contributed by atoms with Gasteiger partial charge in [0.15, 0.2) is 0 Å². The Morgan fingerprint density at radius 3 is 2.83 bits per heavy atom. The Hall–Kier alpha value is -0.450. The van der Waals surface area contributed by atoms with Gasteiger partial charge in [0.25, 0.3) is 0 Å². The summed E-state index contributed by atoms with van der Waals surface area (Å²) in [5.41, 5.74) is 0.796. The van der Waals surface area contributed by atoms with Crippen molar-refractivity contribution in [3.63, 3.8) is 0 Å².